The summed E-state index contributed by atoms with van der Waals surface area (Å²) >= 11 is 0. The van der Waals surface area contributed by atoms with E-state index in [4.69, 9.17) is 9.47 Å². The van der Waals surface area contributed by atoms with Crippen LogP contribution in [-0.2, 0) is 15.5 Å². The molecule has 6 heteroatoms. The highest BCUT2D eigenvalue weighted by Crippen LogP contribution is 2.21. The van der Waals surface area contributed by atoms with Gasteiger partial charge in [-0.1, -0.05) is 6.07 Å². The molecule has 5 nitrogen and oxygen atoms in total. The molecule has 0 bridgehead atoms. The number of benzene rings is 1. The number of nitrogens with zero attached hydrogens (tertiary/aromatic N) is 1. The van der Waals surface area contributed by atoms with Crippen molar-refractivity contribution in [2.24, 2.45) is 0 Å². The third kappa shape index (κ3) is 6.99. The van der Waals surface area contributed by atoms with Crippen molar-refractivity contribution in [3.8, 4) is 5.75 Å². The van der Waals surface area contributed by atoms with Crippen molar-refractivity contribution in [3.63, 3.8) is 0 Å². The van der Waals surface area contributed by atoms with Crippen LogP contribution in [-0.4, -0.2) is 59.3 Å². The normalized spacial score (nSPS) is 17.7. The van der Waals surface area contributed by atoms with Crippen LogP contribution in [0.3, 0.4) is 0 Å². The van der Waals surface area contributed by atoms with E-state index in [0.717, 1.165) is 49.7 Å². The largest absolute Gasteiger partial charge is 0.490 e. The zero-order valence-corrected chi connectivity index (χ0v) is 15.1. The molecule has 0 aromatic heterocycles. The number of hydrogen-bond donors (Lipinski definition) is 0. The first-order valence-corrected chi connectivity index (χ1v) is 9.54. The Bertz CT molecular complexity index is 487. The Labute approximate surface area is 141 Å². The molecule has 0 aliphatic carbocycles. The highest BCUT2D eigenvalue weighted by Gasteiger charge is 2.20. The number of hydrogen-bond acceptors (Lipinski definition) is 4. The van der Waals surface area contributed by atoms with Crippen molar-refractivity contribution in [3.05, 3.63) is 24.3 Å². The molecule has 0 saturated carbocycles. The Kier molecular flexibility index (Phi) is 8.76. The lowest BCUT2D eigenvalue weighted by Gasteiger charge is -2.32. The van der Waals surface area contributed by atoms with Crippen LogP contribution in [0, 0.1) is 0 Å². The summed E-state index contributed by atoms with van der Waals surface area (Å²) in [5.41, 5.74) is 0. The molecular formula is C17H29NO4S. The van der Waals surface area contributed by atoms with E-state index in [9.17, 15) is 4.21 Å². The second-order valence-corrected chi connectivity index (χ2v) is 7.39. The third-order valence-corrected chi connectivity index (χ3v) is 4.75. The fourth-order valence-corrected chi connectivity index (χ4v) is 3.14. The highest BCUT2D eigenvalue weighted by molar-refractivity contribution is 7.84. The fraction of sp³-hybridized carbons (Fsp3) is 0.647. The van der Waals surface area contributed by atoms with Gasteiger partial charge in [0.15, 0.2) is 0 Å². The van der Waals surface area contributed by atoms with Crippen molar-refractivity contribution < 1.29 is 19.2 Å². The van der Waals surface area contributed by atoms with Gasteiger partial charge >= 0.3 is 0 Å². The predicted molar refractivity (Wildman–Crippen MR) is 93.6 cm³/mol. The summed E-state index contributed by atoms with van der Waals surface area (Å²) in [4.78, 5) is 3.25. The Morgan fingerprint density at radius 2 is 2.00 bits per heavy atom. The fourth-order valence-electron chi connectivity index (χ4n) is 2.59. The second-order valence-electron chi connectivity index (χ2n) is 6.01. The van der Waals surface area contributed by atoms with Gasteiger partial charge in [-0.25, -0.2) is 0 Å². The Hall–Kier alpha value is -0.950. The Balaban J connectivity index is 0.00000264. The van der Waals surface area contributed by atoms with Gasteiger partial charge in [0.05, 0.1) is 12.7 Å². The van der Waals surface area contributed by atoms with E-state index in [1.165, 1.54) is 0 Å². The molecule has 0 amide bonds. The van der Waals surface area contributed by atoms with Crippen LogP contribution in [0.25, 0.3) is 0 Å². The molecule has 1 aliphatic heterocycles. The van der Waals surface area contributed by atoms with Gasteiger partial charge in [0, 0.05) is 41.6 Å². The first kappa shape index (κ1) is 20.1. The first-order chi connectivity index (χ1) is 10.5. The van der Waals surface area contributed by atoms with Crippen molar-refractivity contribution >= 4 is 10.8 Å². The zero-order valence-electron chi connectivity index (χ0n) is 14.3. The van der Waals surface area contributed by atoms with Crippen molar-refractivity contribution in [1.29, 1.82) is 0 Å². The molecule has 1 aromatic carbocycles. The molecule has 1 aromatic rings. The maximum atomic E-state index is 11.5. The molecule has 23 heavy (non-hydrogen) atoms. The topological polar surface area (TPSA) is 70.3 Å². The molecule has 1 saturated heterocycles. The quantitative estimate of drug-likeness (QED) is 0.758. The molecule has 2 rings (SSSR count). The van der Waals surface area contributed by atoms with E-state index < -0.39 is 10.8 Å². The predicted octanol–water partition coefficient (Wildman–Crippen LogP) is 1.87. The summed E-state index contributed by atoms with van der Waals surface area (Å²) in [6.45, 7) is 8.02. The lowest BCUT2D eigenvalue weighted by Crippen LogP contribution is -2.40. The van der Waals surface area contributed by atoms with Gasteiger partial charge in [-0.2, -0.15) is 0 Å². The van der Waals surface area contributed by atoms with E-state index in [2.05, 4.69) is 18.7 Å². The van der Waals surface area contributed by atoms with Crippen molar-refractivity contribution in [2.45, 2.75) is 43.8 Å². The van der Waals surface area contributed by atoms with Crippen molar-refractivity contribution in [2.75, 3.05) is 32.5 Å². The smallest absolute Gasteiger partial charge is 0.120 e. The van der Waals surface area contributed by atoms with E-state index >= 15 is 0 Å². The molecule has 1 unspecified atom stereocenters. The average molecular weight is 343 g/mol. The van der Waals surface area contributed by atoms with Gasteiger partial charge < -0.3 is 19.8 Å². The molecular weight excluding hydrogens is 314 g/mol. The number of rotatable bonds is 7. The van der Waals surface area contributed by atoms with Crippen LogP contribution >= 0.6 is 0 Å². The maximum absolute atomic E-state index is 11.5. The van der Waals surface area contributed by atoms with Crippen molar-refractivity contribution in [1.82, 2.24) is 4.90 Å². The minimum atomic E-state index is -0.961. The SMILES string of the molecule is CC(C)OCCN1CCC(Oc2cccc(S(C)=O)c2)CC1.O. The molecule has 1 heterocycles. The molecule has 1 aliphatic rings. The van der Waals surface area contributed by atoms with E-state index in [1.807, 2.05) is 24.3 Å². The van der Waals surface area contributed by atoms with E-state index in [-0.39, 0.29) is 11.6 Å². The summed E-state index contributed by atoms with van der Waals surface area (Å²) in [5.74, 6) is 0.828. The molecule has 1 atom stereocenters. The van der Waals surface area contributed by atoms with Crippen LogP contribution in [0.5, 0.6) is 5.75 Å². The van der Waals surface area contributed by atoms with Gasteiger partial charge in [-0.05, 0) is 44.9 Å². The standard InChI is InChI=1S/C17H27NO3S.H2O/c1-14(2)20-12-11-18-9-7-15(8-10-18)21-16-5-4-6-17(13-16)22(3)19;/h4-6,13-15H,7-12H2,1-3H3;1H2. The maximum Gasteiger partial charge on any atom is 0.120 e. The molecule has 0 spiro atoms. The van der Waals surface area contributed by atoms with Gasteiger partial charge in [0.2, 0.25) is 0 Å². The van der Waals surface area contributed by atoms with Gasteiger partial charge in [-0.3, -0.25) is 4.21 Å². The van der Waals surface area contributed by atoms with Crippen LogP contribution in [0.4, 0.5) is 0 Å². The molecule has 132 valence electrons. The molecule has 1 fully saturated rings. The summed E-state index contributed by atoms with van der Waals surface area (Å²) in [5, 5.41) is 0. The van der Waals surface area contributed by atoms with Gasteiger partial charge in [0.25, 0.3) is 0 Å². The second kappa shape index (κ2) is 10.0. The zero-order chi connectivity index (χ0) is 15.9. The van der Waals surface area contributed by atoms with E-state index in [1.54, 1.807) is 6.26 Å². The summed E-state index contributed by atoms with van der Waals surface area (Å²) in [6, 6.07) is 7.61. The Morgan fingerprint density at radius 3 is 2.61 bits per heavy atom. The number of likely N-dealkylation sites (tertiary alicyclic amines) is 1. The first-order valence-electron chi connectivity index (χ1n) is 7.98. The lowest BCUT2D eigenvalue weighted by molar-refractivity contribution is 0.0404. The van der Waals surface area contributed by atoms with E-state index in [0.29, 0.717) is 6.10 Å². The van der Waals surface area contributed by atoms with Crippen LogP contribution in [0.2, 0.25) is 0 Å². The summed E-state index contributed by atoms with van der Waals surface area (Å²) < 4.78 is 23.2. The van der Waals surface area contributed by atoms with Crippen LogP contribution in [0.15, 0.2) is 29.2 Å². The molecule has 2 N–H and O–H groups in total. The number of piperidine rings is 1. The minimum absolute atomic E-state index is 0. The monoisotopic (exact) mass is 343 g/mol. The minimum Gasteiger partial charge on any atom is -0.490 e. The number of ether oxygens (including phenoxy) is 2. The van der Waals surface area contributed by atoms with Gasteiger partial charge in [-0.15, -0.1) is 0 Å². The molecule has 0 radical (unpaired) electrons. The van der Waals surface area contributed by atoms with Gasteiger partial charge in [0.1, 0.15) is 11.9 Å². The van der Waals surface area contributed by atoms with Crippen LogP contribution < -0.4 is 4.74 Å². The average Bonchev–Trinajstić information content (AvgIpc) is 2.49. The summed E-state index contributed by atoms with van der Waals surface area (Å²) in [6.07, 6.45) is 4.30. The third-order valence-electron chi connectivity index (χ3n) is 3.83. The highest BCUT2D eigenvalue weighted by atomic mass is 32.2. The Morgan fingerprint density at radius 1 is 1.30 bits per heavy atom. The summed E-state index contributed by atoms with van der Waals surface area (Å²) in [7, 11) is -0.961. The van der Waals surface area contributed by atoms with Crippen LogP contribution in [0.1, 0.15) is 26.7 Å². The lowest BCUT2D eigenvalue weighted by atomic mass is 10.1.